The van der Waals surface area contributed by atoms with Gasteiger partial charge in [-0.1, -0.05) is 40.5 Å². The molecule has 0 aliphatic carbocycles. The van der Waals surface area contributed by atoms with Crippen molar-refractivity contribution in [2.24, 2.45) is 7.05 Å². The number of aromatic nitrogens is 6. The number of ether oxygens (including phenoxy) is 2. The van der Waals surface area contributed by atoms with Gasteiger partial charge in [0, 0.05) is 24.4 Å². The first-order valence-corrected chi connectivity index (χ1v) is 11.8. The van der Waals surface area contributed by atoms with Crippen LogP contribution in [0.1, 0.15) is 23.0 Å². The summed E-state index contributed by atoms with van der Waals surface area (Å²) in [6, 6.07) is 12.9. The Balaban J connectivity index is 1.68. The maximum absolute atomic E-state index is 12.6. The number of hydrogen-bond donors (Lipinski definition) is 1. The molecule has 2 heterocycles. The van der Waals surface area contributed by atoms with Crippen molar-refractivity contribution in [3.63, 3.8) is 0 Å². The van der Waals surface area contributed by atoms with Gasteiger partial charge in [-0.25, -0.2) is 4.79 Å². The molecule has 0 saturated heterocycles. The van der Waals surface area contributed by atoms with E-state index in [9.17, 15) is 4.79 Å². The highest BCUT2D eigenvalue weighted by atomic mass is 35.5. The molecule has 0 atom stereocenters. The van der Waals surface area contributed by atoms with Gasteiger partial charge in [0.25, 0.3) is 5.03 Å². The average Bonchev–Trinajstić information content (AvgIpc) is 3.40. The first-order chi connectivity index (χ1) is 16.4. The second-order valence-corrected chi connectivity index (χ2v) is 8.89. The molecule has 4 rings (SSSR count). The number of methoxy groups -OCH3 is 1. The molecule has 0 unspecified atom stereocenters. The lowest BCUT2D eigenvalue weighted by Crippen LogP contribution is -2.38. The standard InChI is InChI=1S/C22H20Cl2N6O3S/c1-4-33-21(31)18-20(30(28-25-18)12-13-5-8-15(32-3)9-6-13)34-22-27-26-19(29(22)2)14-7-10-16(23)17(24)11-14/h5-11H,4,12H2,1-3H3/p+1. The predicted octanol–water partition coefficient (Wildman–Crippen LogP) is 4.18. The van der Waals surface area contributed by atoms with Crippen LogP contribution in [-0.2, 0) is 18.3 Å². The van der Waals surface area contributed by atoms with Gasteiger partial charge >= 0.3 is 11.7 Å². The number of nitrogens with zero attached hydrogens (tertiary/aromatic N) is 5. The van der Waals surface area contributed by atoms with Gasteiger partial charge < -0.3 is 14.0 Å². The van der Waals surface area contributed by atoms with E-state index in [0.29, 0.717) is 32.6 Å². The molecule has 0 radical (unpaired) electrons. The van der Waals surface area contributed by atoms with E-state index < -0.39 is 5.97 Å². The number of nitrogens with one attached hydrogen (secondary N) is 1. The van der Waals surface area contributed by atoms with Crippen molar-refractivity contribution in [1.82, 2.24) is 25.1 Å². The first kappa shape index (κ1) is 24.1. The molecule has 0 aliphatic heterocycles. The van der Waals surface area contributed by atoms with E-state index in [1.165, 1.54) is 11.8 Å². The van der Waals surface area contributed by atoms with E-state index in [0.717, 1.165) is 16.9 Å². The summed E-state index contributed by atoms with van der Waals surface area (Å²) in [5.74, 6) is 0.833. The maximum Gasteiger partial charge on any atom is 0.390 e. The molecule has 176 valence electrons. The molecule has 0 saturated carbocycles. The van der Waals surface area contributed by atoms with Gasteiger partial charge in [-0.15, -0.1) is 14.9 Å². The molecule has 2 aromatic heterocycles. The fourth-order valence-electron chi connectivity index (χ4n) is 3.16. The number of carbonyl (C=O) groups excluding carboxylic acids is 1. The number of carbonyl (C=O) groups is 1. The molecular weight excluding hydrogens is 499 g/mol. The summed E-state index contributed by atoms with van der Waals surface area (Å²) < 4.78 is 14.0. The second kappa shape index (κ2) is 10.5. The molecule has 4 aromatic rings. The highest BCUT2D eigenvalue weighted by Gasteiger charge is 2.32. The summed E-state index contributed by atoms with van der Waals surface area (Å²) in [7, 11) is 3.45. The number of benzene rings is 2. The molecule has 0 spiro atoms. The summed E-state index contributed by atoms with van der Waals surface area (Å²) in [6.07, 6.45) is 0. The Morgan fingerprint density at radius 3 is 2.59 bits per heavy atom. The summed E-state index contributed by atoms with van der Waals surface area (Å²) in [5.41, 5.74) is 1.92. The Labute approximate surface area is 210 Å². The highest BCUT2D eigenvalue weighted by molar-refractivity contribution is 7.99. The molecule has 1 N–H and O–H groups in total. The summed E-state index contributed by atoms with van der Waals surface area (Å²) in [5, 5.41) is 17.7. The van der Waals surface area contributed by atoms with E-state index in [1.807, 2.05) is 41.9 Å². The summed E-state index contributed by atoms with van der Waals surface area (Å²) in [4.78, 5) is 12.6. The molecule has 0 fully saturated rings. The molecule has 9 nitrogen and oxygen atoms in total. The van der Waals surface area contributed by atoms with Gasteiger partial charge in [-0.3, -0.25) is 0 Å². The van der Waals surface area contributed by atoms with Crippen LogP contribution < -0.4 is 9.42 Å². The number of aromatic amines is 1. The molecule has 12 heteroatoms. The summed E-state index contributed by atoms with van der Waals surface area (Å²) in [6.45, 7) is 2.42. The zero-order chi connectivity index (χ0) is 24.2. The van der Waals surface area contributed by atoms with Gasteiger partial charge in [-0.05, 0) is 42.8 Å². The minimum atomic E-state index is -0.526. The first-order valence-electron chi connectivity index (χ1n) is 10.2. The molecule has 2 aromatic carbocycles. The Morgan fingerprint density at radius 1 is 1.15 bits per heavy atom. The molecule has 0 aliphatic rings. The lowest BCUT2D eigenvalue weighted by Gasteiger charge is -2.05. The smallest absolute Gasteiger partial charge is 0.390 e. The molecular formula is C22H21Cl2N6O3S+. The van der Waals surface area contributed by atoms with E-state index in [1.54, 1.807) is 30.8 Å². The number of H-pyrrole nitrogens is 1. The number of rotatable bonds is 8. The normalized spacial score (nSPS) is 11.0. The van der Waals surface area contributed by atoms with Gasteiger partial charge in [0.15, 0.2) is 11.0 Å². The number of esters is 1. The minimum absolute atomic E-state index is 0.166. The van der Waals surface area contributed by atoms with E-state index in [2.05, 4.69) is 20.5 Å². The fourth-order valence-corrected chi connectivity index (χ4v) is 4.38. The second-order valence-electron chi connectivity index (χ2n) is 7.12. The maximum atomic E-state index is 12.6. The van der Waals surface area contributed by atoms with E-state index >= 15 is 0 Å². The van der Waals surface area contributed by atoms with Crippen molar-refractivity contribution in [2.45, 2.75) is 23.7 Å². The fraction of sp³-hybridized carbons (Fsp3) is 0.227. The molecule has 34 heavy (non-hydrogen) atoms. The lowest BCUT2D eigenvalue weighted by molar-refractivity contribution is -0.778. The van der Waals surface area contributed by atoms with E-state index in [-0.39, 0.29) is 12.3 Å². The van der Waals surface area contributed by atoms with Crippen LogP contribution in [-0.4, -0.2) is 44.8 Å². The van der Waals surface area contributed by atoms with E-state index in [4.69, 9.17) is 32.7 Å². The lowest BCUT2D eigenvalue weighted by atomic mass is 10.2. The third-order valence-corrected chi connectivity index (χ3v) is 6.78. The van der Waals surface area contributed by atoms with Crippen molar-refractivity contribution >= 4 is 40.9 Å². The van der Waals surface area contributed by atoms with Gasteiger partial charge in [0.05, 0.1) is 28.9 Å². The van der Waals surface area contributed by atoms with Gasteiger partial charge in [0.1, 0.15) is 12.3 Å². The Bertz CT molecular complexity index is 1320. The van der Waals surface area contributed by atoms with Crippen LogP contribution in [0.5, 0.6) is 5.75 Å². The van der Waals surface area contributed by atoms with Crippen LogP contribution >= 0.6 is 35.0 Å². The van der Waals surface area contributed by atoms with Crippen molar-refractivity contribution in [3.05, 3.63) is 63.8 Å². The Hall–Kier alpha value is -3.08. The van der Waals surface area contributed by atoms with Crippen molar-refractivity contribution in [2.75, 3.05) is 13.7 Å². The SMILES string of the molecule is CCOC(=O)c1n[nH][n+](Cc2ccc(OC)cc2)c1Sc1nnc(-c2ccc(Cl)c(Cl)c2)n1C. The Morgan fingerprint density at radius 2 is 1.91 bits per heavy atom. The monoisotopic (exact) mass is 519 g/mol. The third-order valence-electron chi connectivity index (χ3n) is 4.90. The zero-order valence-electron chi connectivity index (χ0n) is 18.6. The molecule has 0 bridgehead atoms. The van der Waals surface area contributed by atoms with Crippen LogP contribution in [0.25, 0.3) is 11.4 Å². The van der Waals surface area contributed by atoms with Crippen LogP contribution in [0.2, 0.25) is 10.0 Å². The van der Waals surface area contributed by atoms with Crippen molar-refractivity contribution < 1.29 is 19.0 Å². The Kier molecular flexibility index (Phi) is 7.40. The van der Waals surface area contributed by atoms with Crippen LogP contribution in [0.3, 0.4) is 0 Å². The number of halogens is 2. The third kappa shape index (κ3) is 5.03. The van der Waals surface area contributed by atoms with Crippen LogP contribution in [0.15, 0.2) is 52.6 Å². The highest BCUT2D eigenvalue weighted by Crippen LogP contribution is 2.31. The average molecular weight is 520 g/mol. The van der Waals surface area contributed by atoms with Crippen LogP contribution in [0, 0.1) is 0 Å². The topological polar surface area (TPSA) is 98.8 Å². The van der Waals surface area contributed by atoms with Gasteiger partial charge in [-0.2, -0.15) is 0 Å². The predicted molar refractivity (Wildman–Crippen MR) is 127 cm³/mol. The largest absolute Gasteiger partial charge is 0.497 e. The van der Waals surface area contributed by atoms with Crippen molar-refractivity contribution in [1.29, 1.82) is 0 Å². The minimum Gasteiger partial charge on any atom is -0.497 e. The zero-order valence-corrected chi connectivity index (χ0v) is 20.9. The number of hydrogen-bond acceptors (Lipinski definition) is 7. The van der Waals surface area contributed by atoms with Gasteiger partial charge in [0.2, 0.25) is 0 Å². The van der Waals surface area contributed by atoms with Crippen molar-refractivity contribution in [3.8, 4) is 17.1 Å². The quantitative estimate of drug-likeness (QED) is 0.275. The van der Waals surface area contributed by atoms with Crippen LogP contribution in [0.4, 0.5) is 0 Å². The molecule has 0 amide bonds. The summed E-state index contributed by atoms with van der Waals surface area (Å²) >= 11 is 13.5.